The molecule has 6 nitrogen and oxygen atoms in total. The third-order valence-electron chi connectivity index (χ3n) is 3.34. The summed E-state index contributed by atoms with van der Waals surface area (Å²) < 4.78 is 5.20. The molecule has 0 heterocycles. The van der Waals surface area contributed by atoms with Gasteiger partial charge in [0.2, 0.25) is 11.8 Å². The van der Waals surface area contributed by atoms with Gasteiger partial charge in [-0.15, -0.1) is 12.4 Å². The number of carbonyl (C=O) groups excluding carboxylic acids is 2. The summed E-state index contributed by atoms with van der Waals surface area (Å²) in [5, 5.41) is 5.41. The number of ether oxygens (including phenoxy) is 1. The Labute approximate surface area is 137 Å². The van der Waals surface area contributed by atoms with Crippen LogP contribution in [0.2, 0.25) is 0 Å². The van der Waals surface area contributed by atoms with Crippen molar-refractivity contribution in [2.45, 2.75) is 33.2 Å². The average molecular weight is 330 g/mol. The smallest absolute Gasteiger partial charge is 0.241 e. The molecule has 0 bridgehead atoms. The molecule has 0 spiro atoms. The molecule has 1 rings (SSSR count). The third kappa shape index (κ3) is 5.54. The van der Waals surface area contributed by atoms with Crippen molar-refractivity contribution < 1.29 is 14.3 Å². The molecule has 0 aromatic heterocycles. The summed E-state index contributed by atoms with van der Waals surface area (Å²) in [6, 6.07) is 4.45. The van der Waals surface area contributed by atoms with Gasteiger partial charge in [-0.3, -0.25) is 9.59 Å². The van der Waals surface area contributed by atoms with E-state index < -0.39 is 6.04 Å². The monoisotopic (exact) mass is 329 g/mol. The van der Waals surface area contributed by atoms with Crippen LogP contribution < -0.4 is 21.1 Å². The first kappa shape index (κ1) is 20.2. The number of anilines is 2. The first-order valence-electron chi connectivity index (χ1n) is 6.91. The molecule has 2 unspecified atom stereocenters. The summed E-state index contributed by atoms with van der Waals surface area (Å²) in [4.78, 5) is 23.1. The summed E-state index contributed by atoms with van der Waals surface area (Å²) in [5.74, 6) is 0.146. The average Bonchev–Trinajstić information content (AvgIpc) is 2.46. The lowest BCUT2D eigenvalue weighted by Gasteiger charge is -2.18. The lowest BCUT2D eigenvalue weighted by Crippen LogP contribution is -2.40. The molecule has 0 aliphatic heterocycles. The fourth-order valence-corrected chi connectivity index (χ4v) is 1.80. The van der Waals surface area contributed by atoms with Crippen LogP contribution in [-0.4, -0.2) is 25.0 Å². The predicted molar refractivity (Wildman–Crippen MR) is 90.6 cm³/mol. The Balaban J connectivity index is 0.00000441. The zero-order valence-electron chi connectivity index (χ0n) is 13.3. The second-order valence-corrected chi connectivity index (χ2v) is 5.00. The summed E-state index contributed by atoms with van der Waals surface area (Å²) in [7, 11) is 1.50. The van der Waals surface area contributed by atoms with Gasteiger partial charge in [0.25, 0.3) is 0 Å². The Bertz CT molecular complexity index is 523. The second kappa shape index (κ2) is 9.27. The number of hydrogen-bond donors (Lipinski definition) is 3. The highest BCUT2D eigenvalue weighted by Gasteiger charge is 2.19. The van der Waals surface area contributed by atoms with Gasteiger partial charge in [0.15, 0.2) is 0 Å². The lowest BCUT2D eigenvalue weighted by atomic mass is 9.99. The number of carbonyl (C=O) groups is 2. The molecule has 0 fully saturated rings. The van der Waals surface area contributed by atoms with Crippen LogP contribution in [0, 0.1) is 5.92 Å². The number of nitrogens with two attached hydrogens (primary N) is 1. The van der Waals surface area contributed by atoms with Crippen molar-refractivity contribution in [3.05, 3.63) is 18.2 Å². The topological polar surface area (TPSA) is 93.5 Å². The SMILES string of the molecule is CCC(C)C(N)C(=O)Nc1ccc(NC(C)=O)c(OC)c1.Cl. The van der Waals surface area contributed by atoms with Crippen LogP contribution in [0.15, 0.2) is 18.2 Å². The van der Waals surface area contributed by atoms with Crippen LogP contribution in [0.4, 0.5) is 11.4 Å². The molecule has 2 atom stereocenters. The number of methoxy groups -OCH3 is 1. The molecule has 1 aromatic rings. The van der Waals surface area contributed by atoms with Gasteiger partial charge in [0, 0.05) is 18.7 Å². The van der Waals surface area contributed by atoms with Crippen LogP contribution in [0.5, 0.6) is 5.75 Å². The third-order valence-corrected chi connectivity index (χ3v) is 3.34. The quantitative estimate of drug-likeness (QED) is 0.747. The summed E-state index contributed by atoms with van der Waals surface area (Å²) in [6.45, 7) is 5.34. The van der Waals surface area contributed by atoms with Gasteiger partial charge in [-0.05, 0) is 18.1 Å². The molecule has 0 saturated heterocycles. The minimum Gasteiger partial charge on any atom is -0.494 e. The van der Waals surface area contributed by atoms with Gasteiger partial charge in [0.1, 0.15) is 5.75 Å². The number of nitrogens with one attached hydrogen (secondary N) is 2. The van der Waals surface area contributed by atoms with E-state index >= 15 is 0 Å². The van der Waals surface area contributed by atoms with Crippen molar-refractivity contribution in [2.24, 2.45) is 11.7 Å². The number of amides is 2. The van der Waals surface area contributed by atoms with Gasteiger partial charge in [-0.2, -0.15) is 0 Å². The first-order valence-corrected chi connectivity index (χ1v) is 6.91. The van der Waals surface area contributed by atoms with E-state index in [1.165, 1.54) is 14.0 Å². The Morgan fingerprint density at radius 1 is 1.32 bits per heavy atom. The van der Waals surface area contributed by atoms with E-state index in [9.17, 15) is 9.59 Å². The van der Waals surface area contributed by atoms with Crippen molar-refractivity contribution in [3.63, 3.8) is 0 Å². The molecule has 7 heteroatoms. The molecule has 2 amide bonds. The predicted octanol–water partition coefficient (Wildman–Crippen LogP) is 2.39. The van der Waals surface area contributed by atoms with E-state index in [0.717, 1.165) is 6.42 Å². The minimum absolute atomic E-state index is 0. The number of rotatable bonds is 6. The van der Waals surface area contributed by atoms with E-state index in [1.807, 2.05) is 13.8 Å². The summed E-state index contributed by atoms with van der Waals surface area (Å²) >= 11 is 0. The standard InChI is InChI=1S/C15H23N3O3.ClH/c1-5-9(2)14(16)15(20)18-11-6-7-12(17-10(3)19)13(8-11)21-4;/h6-9,14H,5,16H2,1-4H3,(H,17,19)(H,18,20);1H. The van der Waals surface area contributed by atoms with E-state index in [1.54, 1.807) is 18.2 Å². The van der Waals surface area contributed by atoms with E-state index in [-0.39, 0.29) is 30.1 Å². The fraction of sp³-hybridized carbons (Fsp3) is 0.467. The van der Waals surface area contributed by atoms with Gasteiger partial charge < -0.3 is 21.1 Å². The number of halogens is 1. The molecule has 124 valence electrons. The Morgan fingerprint density at radius 2 is 1.95 bits per heavy atom. The van der Waals surface area contributed by atoms with Crippen LogP contribution >= 0.6 is 12.4 Å². The summed E-state index contributed by atoms with van der Waals surface area (Å²) in [6.07, 6.45) is 0.833. The molecule has 0 saturated carbocycles. The van der Waals surface area contributed by atoms with Crippen LogP contribution in [0.1, 0.15) is 27.2 Å². The molecular weight excluding hydrogens is 306 g/mol. The number of hydrogen-bond acceptors (Lipinski definition) is 4. The summed E-state index contributed by atoms with van der Waals surface area (Å²) in [5.41, 5.74) is 7.01. The lowest BCUT2D eigenvalue weighted by molar-refractivity contribution is -0.118. The van der Waals surface area contributed by atoms with Crippen molar-refractivity contribution in [2.75, 3.05) is 17.7 Å². The van der Waals surface area contributed by atoms with Gasteiger partial charge in [0.05, 0.1) is 18.8 Å². The van der Waals surface area contributed by atoms with Gasteiger partial charge in [-0.25, -0.2) is 0 Å². The maximum atomic E-state index is 12.0. The zero-order valence-corrected chi connectivity index (χ0v) is 14.1. The van der Waals surface area contributed by atoms with E-state index in [4.69, 9.17) is 10.5 Å². The highest BCUT2D eigenvalue weighted by molar-refractivity contribution is 5.96. The van der Waals surface area contributed by atoms with Crippen LogP contribution in [0.3, 0.4) is 0 Å². The largest absolute Gasteiger partial charge is 0.494 e. The van der Waals surface area contributed by atoms with E-state index in [2.05, 4.69) is 10.6 Å². The van der Waals surface area contributed by atoms with Crippen LogP contribution in [-0.2, 0) is 9.59 Å². The normalized spacial score (nSPS) is 12.6. The molecule has 0 aliphatic carbocycles. The Hall–Kier alpha value is -1.79. The van der Waals surface area contributed by atoms with Crippen LogP contribution in [0.25, 0.3) is 0 Å². The molecule has 0 aliphatic rings. The highest BCUT2D eigenvalue weighted by Crippen LogP contribution is 2.28. The second-order valence-electron chi connectivity index (χ2n) is 5.00. The molecular formula is C15H24ClN3O3. The highest BCUT2D eigenvalue weighted by atomic mass is 35.5. The van der Waals surface area contributed by atoms with Gasteiger partial charge in [-0.1, -0.05) is 20.3 Å². The Kier molecular flexibility index (Phi) is 8.52. The molecule has 4 N–H and O–H groups in total. The van der Waals surface area contributed by atoms with E-state index in [0.29, 0.717) is 17.1 Å². The molecule has 0 radical (unpaired) electrons. The van der Waals surface area contributed by atoms with Crippen molar-refractivity contribution in [1.82, 2.24) is 0 Å². The molecule has 22 heavy (non-hydrogen) atoms. The first-order chi connectivity index (χ1) is 9.88. The minimum atomic E-state index is -0.559. The maximum absolute atomic E-state index is 12.0. The Morgan fingerprint density at radius 3 is 2.45 bits per heavy atom. The van der Waals surface area contributed by atoms with Crippen molar-refractivity contribution >= 4 is 35.6 Å². The van der Waals surface area contributed by atoms with Crippen molar-refractivity contribution in [3.8, 4) is 5.75 Å². The zero-order chi connectivity index (χ0) is 16.0. The van der Waals surface area contributed by atoms with Gasteiger partial charge >= 0.3 is 0 Å². The fourth-order valence-electron chi connectivity index (χ4n) is 1.80. The maximum Gasteiger partial charge on any atom is 0.241 e. The molecule has 1 aromatic carbocycles. The van der Waals surface area contributed by atoms with Crippen molar-refractivity contribution in [1.29, 1.82) is 0 Å². The number of benzene rings is 1.